The maximum Gasteiger partial charge on any atom is 0.124 e. The van der Waals surface area contributed by atoms with Gasteiger partial charge >= 0.3 is 0 Å². The van der Waals surface area contributed by atoms with E-state index in [0.29, 0.717) is 22.9 Å². The van der Waals surface area contributed by atoms with Crippen LogP contribution in [0.3, 0.4) is 0 Å². The molecule has 29 heavy (non-hydrogen) atoms. The van der Waals surface area contributed by atoms with Crippen LogP contribution >= 0.6 is 11.6 Å². The number of benzene rings is 1. The average Bonchev–Trinajstić information content (AvgIpc) is 3.22. The number of fused-ring (bicyclic) bond motifs is 3. The molecule has 0 bridgehead atoms. The van der Waals surface area contributed by atoms with E-state index in [1.807, 2.05) is 4.68 Å². The second kappa shape index (κ2) is 8.32. The zero-order valence-corrected chi connectivity index (χ0v) is 17.5. The highest BCUT2D eigenvalue weighted by Gasteiger charge is 2.40. The third kappa shape index (κ3) is 3.94. The molecule has 3 aliphatic rings. The van der Waals surface area contributed by atoms with E-state index >= 15 is 0 Å². The summed E-state index contributed by atoms with van der Waals surface area (Å²) >= 11 is 6.26. The summed E-state index contributed by atoms with van der Waals surface area (Å²) in [6, 6.07) is 4.58. The van der Waals surface area contributed by atoms with Crippen LogP contribution in [0.15, 0.2) is 18.2 Å². The maximum absolute atomic E-state index is 13.4. The van der Waals surface area contributed by atoms with Crippen LogP contribution in [0.4, 0.5) is 4.39 Å². The van der Waals surface area contributed by atoms with Gasteiger partial charge < -0.3 is 4.74 Å². The molecule has 3 heterocycles. The molecule has 2 aromatic rings. The van der Waals surface area contributed by atoms with Gasteiger partial charge in [-0.05, 0) is 37.1 Å². The van der Waals surface area contributed by atoms with Gasteiger partial charge in [0.05, 0.1) is 29.5 Å². The molecule has 1 saturated carbocycles. The Morgan fingerprint density at radius 1 is 1.14 bits per heavy atom. The largest absolute Gasteiger partial charge is 0.368 e. The van der Waals surface area contributed by atoms with Gasteiger partial charge in [-0.3, -0.25) is 4.90 Å². The van der Waals surface area contributed by atoms with E-state index in [1.54, 1.807) is 6.07 Å². The second-order valence-corrected chi connectivity index (χ2v) is 9.18. The molecule has 5 rings (SSSR count). The number of aromatic nitrogens is 3. The molecule has 5 nitrogen and oxygen atoms in total. The first-order valence-electron chi connectivity index (χ1n) is 10.9. The Kier molecular flexibility index (Phi) is 5.59. The smallest absolute Gasteiger partial charge is 0.124 e. The van der Waals surface area contributed by atoms with E-state index in [4.69, 9.17) is 16.3 Å². The summed E-state index contributed by atoms with van der Waals surface area (Å²) < 4.78 is 21.6. The van der Waals surface area contributed by atoms with Crippen molar-refractivity contribution in [2.45, 2.75) is 63.7 Å². The van der Waals surface area contributed by atoms with Gasteiger partial charge in [-0.2, -0.15) is 0 Å². The molecule has 0 radical (unpaired) electrons. The van der Waals surface area contributed by atoms with Crippen LogP contribution in [0.25, 0.3) is 11.3 Å². The third-order valence-corrected chi connectivity index (χ3v) is 7.18. The van der Waals surface area contributed by atoms with Gasteiger partial charge in [0.1, 0.15) is 11.5 Å². The summed E-state index contributed by atoms with van der Waals surface area (Å²) in [5, 5.41) is 9.18. The normalized spacial score (nSPS) is 25.6. The van der Waals surface area contributed by atoms with Crippen molar-refractivity contribution in [3.63, 3.8) is 0 Å². The fourth-order valence-electron chi connectivity index (χ4n) is 5.22. The van der Waals surface area contributed by atoms with Crippen molar-refractivity contribution in [2.75, 3.05) is 19.6 Å². The van der Waals surface area contributed by atoms with Gasteiger partial charge in [0.2, 0.25) is 0 Å². The monoisotopic (exact) mass is 418 g/mol. The first-order valence-corrected chi connectivity index (χ1v) is 11.3. The Bertz CT molecular complexity index is 864. The molecule has 1 aromatic carbocycles. The number of likely N-dealkylation sites (tertiary alicyclic amines) is 1. The first kappa shape index (κ1) is 19.5. The molecule has 156 valence electrons. The summed E-state index contributed by atoms with van der Waals surface area (Å²) in [6.45, 7) is 3.52. The number of ether oxygens (including phenoxy) is 1. The summed E-state index contributed by atoms with van der Waals surface area (Å²) in [7, 11) is 0. The molecular formula is C22H28ClFN4O. The van der Waals surface area contributed by atoms with Crippen LogP contribution in [0.1, 0.15) is 56.7 Å². The Labute approximate surface area is 176 Å². The molecule has 2 atom stereocenters. The minimum Gasteiger partial charge on any atom is -0.368 e. The lowest BCUT2D eigenvalue weighted by Gasteiger charge is -2.26. The van der Waals surface area contributed by atoms with Gasteiger partial charge in [0, 0.05) is 18.7 Å². The minimum atomic E-state index is -0.351. The van der Waals surface area contributed by atoms with Gasteiger partial charge in [-0.1, -0.05) is 55.3 Å². The number of hydrogen-bond donors (Lipinski definition) is 0. The number of hydrogen-bond acceptors (Lipinski definition) is 4. The molecule has 0 spiro atoms. The molecule has 2 fully saturated rings. The highest BCUT2D eigenvalue weighted by molar-refractivity contribution is 6.33. The zero-order valence-electron chi connectivity index (χ0n) is 16.7. The molecule has 1 saturated heterocycles. The fourth-order valence-corrected chi connectivity index (χ4v) is 5.48. The Balaban J connectivity index is 1.28. The highest BCUT2D eigenvalue weighted by Crippen LogP contribution is 2.37. The molecule has 0 unspecified atom stereocenters. The van der Waals surface area contributed by atoms with Gasteiger partial charge in [-0.15, -0.1) is 5.10 Å². The number of rotatable bonds is 4. The van der Waals surface area contributed by atoms with Crippen LogP contribution in [-0.2, 0) is 11.3 Å². The molecule has 1 aliphatic carbocycles. The summed E-state index contributed by atoms with van der Waals surface area (Å²) in [5.74, 6) is 0.534. The van der Waals surface area contributed by atoms with Crippen molar-refractivity contribution >= 4 is 11.6 Å². The number of nitrogens with zero attached hydrogens (tertiary/aromatic N) is 4. The van der Waals surface area contributed by atoms with Crippen molar-refractivity contribution in [2.24, 2.45) is 5.92 Å². The van der Waals surface area contributed by atoms with Crippen LogP contribution in [0.2, 0.25) is 5.02 Å². The van der Waals surface area contributed by atoms with Gasteiger partial charge in [0.25, 0.3) is 0 Å². The molecule has 1 aromatic heterocycles. The molecule has 2 aliphatic heterocycles. The topological polar surface area (TPSA) is 43.2 Å². The van der Waals surface area contributed by atoms with Crippen LogP contribution < -0.4 is 0 Å². The van der Waals surface area contributed by atoms with E-state index in [9.17, 15) is 4.39 Å². The SMILES string of the molecule is Fc1ccc(-c2nnn3c2CO[C@H]2CN(CCC4CCCCCC4)C[C@@H]23)c(Cl)c1. The van der Waals surface area contributed by atoms with E-state index < -0.39 is 0 Å². The van der Waals surface area contributed by atoms with Crippen molar-refractivity contribution in [3.8, 4) is 11.3 Å². The van der Waals surface area contributed by atoms with E-state index in [2.05, 4.69) is 15.2 Å². The van der Waals surface area contributed by atoms with E-state index in [1.165, 1.54) is 57.1 Å². The van der Waals surface area contributed by atoms with Crippen LogP contribution in [0, 0.1) is 11.7 Å². The van der Waals surface area contributed by atoms with Crippen molar-refractivity contribution < 1.29 is 9.13 Å². The Morgan fingerprint density at radius 2 is 1.97 bits per heavy atom. The lowest BCUT2D eigenvalue weighted by Crippen LogP contribution is -2.32. The summed E-state index contributed by atoms with van der Waals surface area (Å²) in [6.07, 6.45) is 9.86. The van der Waals surface area contributed by atoms with Crippen LogP contribution in [0.5, 0.6) is 0 Å². The lowest BCUT2D eigenvalue weighted by molar-refractivity contribution is -0.00488. The number of halogens is 2. The molecule has 0 amide bonds. The third-order valence-electron chi connectivity index (χ3n) is 6.87. The quantitative estimate of drug-likeness (QED) is 0.665. The minimum absolute atomic E-state index is 0.162. The van der Waals surface area contributed by atoms with Crippen molar-refractivity contribution in [3.05, 3.63) is 34.7 Å². The van der Waals surface area contributed by atoms with E-state index in [0.717, 1.165) is 31.2 Å². The zero-order chi connectivity index (χ0) is 19.8. The van der Waals surface area contributed by atoms with Crippen molar-refractivity contribution in [1.29, 1.82) is 0 Å². The molecule has 7 heteroatoms. The predicted octanol–water partition coefficient (Wildman–Crippen LogP) is 4.85. The average molecular weight is 419 g/mol. The van der Waals surface area contributed by atoms with Crippen molar-refractivity contribution in [1.82, 2.24) is 19.9 Å². The second-order valence-electron chi connectivity index (χ2n) is 8.78. The molecule has 0 N–H and O–H groups in total. The van der Waals surface area contributed by atoms with Crippen LogP contribution in [-0.4, -0.2) is 45.6 Å². The fraction of sp³-hybridized carbons (Fsp3) is 0.636. The lowest BCUT2D eigenvalue weighted by atomic mass is 9.96. The molecular weight excluding hydrogens is 391 g/mol. The standard InChI is InChI=1S/C22H28ClFN4O/c23-18-11-16(24)7-8-17(18)22-20-14-29-21-13-27(12-19(21)28(20)26-25-22)10-9-15-5-3-1-2-4-6-15/h7-8,11,15,19,21H,1-6,9-10,12-14H2/t19-,21-/m0/s1. The summed E-state index contributed by atoms with van der Waals surface area (Å²) in [5.41, 5.74) is 2.34. The maximum atomic E-state index is 13.4. The predicted molar refractivity (Wildman–Crippen MR) is 110 cm³/mol. The van der Waals surface area contributed by atoms with Gasteiger partial charge in [0.15, 0.2) is 0 Å². The highest BCUT2D eigenvalue weighted by atomic mass is 35.5. The Morgan fingerprint density at radius 3 is 2.76 bits per heavy atom. The Hall–Kier alpha value is -1.50. The van der Waals surface area contributed by atoms with Gasteiger partial charge in [-0.25, -0.2) is 9.07 Å². The first-order chi connectivity index (χ1) is 14.2. The van der Waals surface area contributed by atoms with E-state index in [-0.39, 0.29) is 18.0 Å². The summed E-state index contributed by atoms with van der Waals surface area (Å²) in [4.78, 5) is 2.53.